The molecule has 0 fully saturated rings. The maximum Gasteiger partial charge on any atom is 0.306 e. The van der Waals surface area contributed by atoms with E-state index < -0.39 is 26.5 Å². The number of phosphoric ester groups is 1. The van der Waals surface area contributed by atoms with Crippen LogP contribution in [0.1, 0.15) is 425 Å². The van der Waals surface area contributed by atoms with E-state index in [2.05, 4.69) is 86.8 Å². The largest absolute Gasteiger partial charge is 0.756 e. The fourth-order valence-electron chi connectivity index (χ4n) is 12.7. The summed E-state index contributed by atoms with van der Waals surface area (Å²) in [6.45, 7) is 4.19. The standard InChI is InChI=1S/C88H164NO8P/c1-6-8-10-12-14-16-18-20-22-24-26-28-30-32-34-36-38-40-41-42-43-44-45-46-47-49-50-52-54-56-58-60-62-64-66-68-70-72-74-76-78-80-87(90)94-84-86(85-96-98(92,93)95-83-82-89(3,4)5)97-88(91)81-79-77-75-73-71-69-67-65-63-61-59-57-55-53-51-48-39-37-35-33-31-29-27-25-23-21-19-17-15-13-11-9-7-2/h9,11,15,17-18,20-21,23-24,26-27,29,86H,6-8,10,12-14,16,19,22,25,28,30-85H2,1-5H3/b11-9-,17-15-,20-18-,23-21-,26-24-,29-27-. The van der Waals surface area contributed by atoms with Crippen LogP contribution in [0.25, 0.3) is 0 Å². The first-order valence-corrected chi connectivity index (χ1v) is 44.1. The van der Waals surface area contributed by atoms with E-state index in [1.165, 1.54) is 327 Å². The number of esters is 2. The van der Waals surface area contributed by atoms with Crippen LogP contribution in [0.3, 0.4) is 0 Å². The van der Waals surface area contributed by atoms with Crippen LogP contribution < -0.4 is 4.89 Å². The van der Waals surface area contributed by atoms with Gasteiger partial charge in [-0.3, -0.25) is 14.2 Å². The number of carbonyl (C=O) groups excluding carboxylic acids is 2. The monoisotopic (exact) mass is 1390 g/mol. The minimum Gasteiger partial charge on any atom is -0.756 e. The highest BCUT2D eigenvalue weighted by molar-refractivity contribution is 7.45. The van der Waals surface area contributed by atoms with Crippen LogP contribution in [0, 0.1) is 0 Å². The van der Waals surface area contributed by atoms with Gasteiger partial charge in [0, 0.05) is 12.8 Å². The highest BCUT2D eigenvalue weighted by atomic mass is 31.2. The predicted molar refractivity (Wildman–Crippen MR) is 425 cm³/mol. The van der Waals surface area contributed by atoms with E-state index in [1.807, 2.05) is 21.1 Å². The van der Waals surface area contributed by atoms with Crippen LogP contribution in [0.4, 0.5) is 0 Å². The van der Waals surface area contributed by atoms with Crippen molar-refractivity contribution in [2.75, 3.05) is 47.5 Å². The Morgan fingerprint density at radius 2 is 0.582 bits per heavy atom. The zero-order valence-corrected chi connectivity index (χ0v) is 66.6. The number of unbranched alkanes of at least 4 members (excludes halogenated alkanes) is 54. The lowest BCUT2D eigenvalue weighted by molar-refractivity contribution is -0.870. The van der Waals surface area contributed by atoms with Crippen molar-refractivity contribution in [1.29, 1.82) is 0 Å². The van der Waals surface area contributed by atoms with Gasteiger partial charge >= 0.3 is 11.9 Å². The molecule has 2 atom stereocenters. The Morgan fingerprint density at radius 3 is 0.867 bits per heavy atom. The van der Waals surface area contributed by atoms with Crippen molar-refractivity contribution in [3.8, 4) is 0 Å². The second-order valence-corrected chi connectivity index (χ2v) is 31.6. The maximum atomic E-state index is 12.9. The normalized spacial score (nSPS) is 13.3. The van der Waals surface area contributed by atoms with Crippen molar-refractivity contribution in [1.82, 2.24) is 0 Å². The van der Waals surface area contributed by atoms with Crippen molar-refractivity contribution >= 4 is 19.8 Å². The predicted octanol–water partition coefficient (Wildman–Crippen LogP) is 28.0. The Hall–Kier alpha value is -2.55. The van der Waals surface area contributed by atoms with Gasteiger partial charge in [0.25, 0.3) is 7.82 Å². The van der Waals surface area contributed by atoms with E-state index in [4.69, 9.17) is 18.5 Å². The van der Waals surface area contributed by atoms with Gasteiger partial charge in [0.1, 0.15) is 19.8 Å². The Labute approximate surface area is 609 Å². The summed E-state index contributed by atoms with van der Waals surface area (Å²) in [6, 6.07) is 0. The molecule has 0 aliphatic carbocycles. The van der Waals surface area contributed by atoms with Crippen LogP contribution in [0.15, 0.2) is 72.9 Å². The molecule has 0 N–H and O–H groups in total. The van der Waals surface area contributed by atoms with E-state index in [1.54, 1.807) is 0 Å². The lowest BCUT2D eigenvalue weighted by Gasteiger charge is -2.28. The van der Waals surface area contributed by atoms with Gasteiger partial charge in [-0.05, 0) is 83.5 Å². The van der Waals surface area contributed by atoms with Gasteiger partial charge in [-0.25, -0.2) is 0 Å². The molecule has 0 saturated heterocycles. The molecule has 0 spiro atoms. The molecule has 0 bridgehead atoms. The molecule has 0 saturated carbocycles. The lowest BCUT2D eigenvalue weighted by atomic mass is 10.0. The molecular formula is C88H164NO8P. The summed E-state index contributed by atoms with van der Waals surface area (Å²) in [5, 5.41) is 0. The first-order valence-electron chi connectivity index (χ1n) is 42.6. The van der Waals surface area contributed by atoms with Gasteiger partial charge in [-0.15, -0.1) is 0 Å². The molecule has 0 heterocycles. The van der Waals surface area contributed by atoms with Gasteiger partial charge in [-0.2, -0.15) is 0 Å². The summed E-state index contributed by atoms with van der Waals surface area (Å²) in [6.07, 6.45) is 108. The molecule has 98 heavy (non-hydrogen) atoms. The first-order chi connectivity index (χ1) is 48.0. The van der Waals surface area contributed by atoms with E-state index in [9.17, 15) is 19.0 Å². The minimum atomic E-state index is -4.65. The molecule has 0 radical (unpaired) electrons. The number of carbonyl (C=O) groups is 2. The Kier molecular flexibility index (Phi) is 76.5. The van der Waals surface area contributed by atoms with Crippen molar-refractivity contribution < 1.29 is 42.1 Å². The first kappa shape index (κ1) is 95.5. The maximum absolute atomic E-state index is 12.9. The fraction of sp³-hybridized carbons (Fsp3) is 0.841. The Morgan fingerprint density at radius 1 is 0.327 bits per heavy atom. The molecule has 10 heteroatoms. The third kappa shape index (κ3) is 82.4. The van der Waals surface area contributed by atoms with E-state index in [0.29, 0.717) is 17.4 Å². The van der Waals surface area contributed by atoms with Gasteiger partial charge in [-0.1, -0.05) is 401 Å². The topological polar surface area (TPSA) is 111 Å². The average molecular weight is 1400 g/mol. The van der Waals surface area contributed by atoms with Crippen LogP contribution in [-0.2, 0) is 32.7 Å². The number of likely N-dealkylation sites (N-methyl/N-ethyl adjacent to an activating group) is 1. The smallest absolute Gasteiger partial charge is 0.306 e. The Balaban J connectivity index is 3.86. The molecular weight excluding hydrogens is 1230 g/mol. The molecule has 574 valence electrons. The number of nitrogens with zero attached hydrogens (tertiary/aromatic N) is 1. The highest BCUT2D eigenvalue weighted by Crippen LogP contribution is 2.38. The number of quaternary nitrogens is 1. The molecule has 0 aromatic carbocycles. The molecule has 0 aromatic heterocycles. The Bertz CT molecular complexity index is 1890. The van der Waals surface area contributed by atoms with Gasteiger partial charge in [0.05, 0.1) is 27.7 Å². The molecule has 2 unspecified atom stereocenters. The van der Waals surface area contributed by atoms with E-state index >= 15 is 0 Å². The molecule has 0 amide bonds. The summed E-state index contributed by atoms with van der Waals surface area (Å²) < 4.78 is 34.5. The summed E-state index contributed by atoms with van der Waals surface area (Å²) in [4.78, 5) is 38.2. The number of hydrogen-bond donors (Lipinski definition) is 0. The van der Waals surface area contributed by atoms with Crippen molar-refractivity contribution in [2.45, 2.75) is 431 Å². The SMILES string of the molecule is CC/C=C\C/C=C\C/C=C\C/C=C\CCCCCCCCCCCCCCCCCCCCCCC(=O)OC(COC(=O)CCCCCCCCCCCCCCCCCCCCCCCCCCCCCCC/C=C\C/C=C\CCCCCCC)COP(=O)([O-])OCC[N+](C)(C)C. The number of hydrogen-bond acceptors (Lipinski definition) is 8. The van der Waals surface area contributed by atoms with Gasteiger partial charge in [0.15, 0.2) is 6.10 Å². The van der Waals surface area contributed by atoms with E-state index in [0.717, 1.165) is 64.2 Å². The van der Waals surface area contributed by atoms with Gasteiger partial charge in [0.2, 0.25) is 0 Å². The second kappa shape index (κ2) is 78.6. The number of rotatable bonds is 80. The average Bonchev–Trinajstić information content (AvgIpc) is 1.08. The van der Waals surface area contributed by atoms with Crippen molar-refractivity contribution in [2.24, 2.45) is 0 Å². The number of ether oxygens (including phenoxy) is 2. The third-order valence-electron chi connectivity index (χ3n) is 19.2. The quantitative estimate of drug-likeness (QED) is 0.0195. The zero-order chi connectivity index (χ0) is 71.1. The zero-order valence-electron chi connectivity index (χ0n) is 65.7. The molecule has 0 aliphatic rings. The fourth-order valence-corrected chi connectivity index (χ4v) is 13.5. The van der Waals surface area contributed by atoms with Gasteiger partial charge < -0.3 is 27.9 Å². The number of phosphoric acid groups is 1. The molecule has 9 nitrogen and oxygen atoms in total. The van der Waals surface area contributed by atoms with Crippen molar-refractivity contribution in [3.05, 3.63) is 72.9 Å². The summed E-state index contributed by atoms with van der Waals surface area (Å²) in [7, 11) is 1.19. The molecule has 0 aliphatic heterocycles. The number of allylic oxidation sites excluding steroid dienone is 12. The molecule has 0 rings (SSSR count). The third-order valence-corrected chi connectivity index (χ3v) is 20.2. The van der Waals surface area contributed by atoms with E-state index in [-0.39, 0.29) is 32.0 Å². The van der Waals surface area contributed by atoms with Crippen LogP contribution >= 0.6 is 7.82 Å². The van der Waals surface area contributed by atoms with Crippen molar-refractivity contribution in [3.63, 3.8) is 0 Å². The van der Waals surface area contributed by atoms with Crippen LogP contribution in [0.2, 0.25) is 0 Å². The highest BCUT2D eigenvalue weighted by Gasteiger charge is 2.22. The minimum absolute atomic E-state index is 0.0288. The summed E-state index contributed by atoms with van der Waals surface area (Å²) in [5.74, 6) is -0.810. The van der Waals surface area contributed by atoms with Crippen LogP contribution in [0.5, 0.6) is 0 Å². The summed E-state index contributed by atoms with van der Waals surface area (Å²) >= 11 is 0. The lowest BCUT2D eigenvalue weighted by Crippen LogP contribution is -2.37. The summed E-state index contributed by atoms with van der Waals surface area (Å²) in [5.41, 5.74) is 0. The second-order valence-electron chi connectivity index (χ2n) is 30.2. The van der Waals surface area contributed by atoms with Crippen LogP contribution in [-0.4, -0.2) is 70.0 Å². The molecule has 0 aromatic rings.